The van der Waals surface area contributed by atoms with E-state index in [2.05, 4.69) is 21.2 Å². The predicted molar refractivity (Wildman–Crippen MR) is 118 cm³/mol. The minimum atomic E-state index is -0.863. The minimum absolute atomic E-state index is 0.276. The highest BCUT2D eigenvalue weighted by Crippen LogP contribution is 2.16. The van der Waals surface area contributed by atoms with Crippen molar-refractivity contribution in [3.8, 4) is 5.75 Å². The molecule has 0 bridgehead atoms. The first-order chi connectivity index (χ1) is 13.4. The van der Waals surface area contributed by atoms with Crippen LogP contribution < -0.4 is 10.1 Å². The van der Waals surface area contributed by atoms with Crippen LogP contribution in [0.4, 0.5) is 4.79 Å². The highest BCUT2D eigenvalue weighted by Gasteiger charge is 2.28. The molecule has 1 amide bonds. The third-order valence-electron chi connectivity index (χ3n) is 3.35. The average molecular weight is 470 g/mol. The van der Waals surface area contributed by atoms with Crippen LogP contribution in [0, 0.1) is 0 Å². The Balaban J connectivity index is 2.83. The number of carbonyl (C=O) groups excluding carboxylic acids is 2. The highest BCUT2D eigenvalue weighted by atomic mass is 79.9. The second kappa shape index (κ2) is 11.2. The number of carbonyl (C=O) groups is 2. The maximum absolute atomic E-state index is 12.6. The zero-order valence-electron chi connectivity index (χ0n) is 18.1. The number of hydrogen-bond donors (Lipinski definition) is 1. The molecule has 0 unspecified atom stereocenters. The van der Waals surface area contributed by atoms with Gasteiger partial charge in [0.1, 0.15) is 29.6 Å². The van der Waals surface area contributed by atoms with Gasteiger partial charge in [0.2, 0.25) is 0 Å². The maximum atomic E-state index is 12.6. The first kappa shape index (κ1) is 25.0. The van der Waals surface area contributed by atoms with Gasteiger partial charge in [-0.05, 0) is 59.2 Å². The SMILES string of the molecule is CC(C)(C)OC(=O)N[C@@H](Cc1ccc(OC/C=C/CBr)cc1)C(=O)OC(C)(C)C. The van der Waals surface area contributed by atoms with Crippen LogP contribution in [0.3, 0.4) is 0 Å². The van der Waals surface area contributed by atoms with Gasteiger partial charge in [-0.25, -0.2) is 9.59 Å². The van der Waals surface area contributed by atoms with E-state index in [1.54, 1.807) is 41.5 Å². The van der Waals surface area contributed by atoms with E-state index in [0.717, 1.165) is 16.6 Å². The smallest absolute Gasteiger partial charge is 0.408 e. The fourth-order valence-electron chi connectivity index (χ4n) is 2.25. The second-order valence-corrected chi connectivity index (χ2v) is 9.16. The van der Waals surface area contributed by atoms with Crippen molar-refractivity contribution in [1.82, 2.24) is 5.32 Å². The number of nitrogens with one attached hydrogen (secondary N) is 1. The summed E-state index contributed by atoms with van der Waals surface area (Å²) in [6, 6.07) is 6.51. The number of amides is 1. The van der Waals surface area contributed by atoms with Crippen molar-refractivity contribution in [3.63, 3.8) is 0 Å². The summed E-state index contributed by atoms with van der Waals surface area (Å²) < 4.78 is 16.4. The quantitative estimate of drug-likeness (QED) is 0.336. The molecule has 29 heavy (non-hydrogen) atoms. The largest absolute Gasteiger partial charge is 0.490 e. The third kappa shape index (κ3) is 11.5. The summed E-state index contributed by atoms with van der Waals surface area (Å²) >= 11 is 3.31. The zero-order chi connectivity index (χ0) is 22.1. The van der Waals surface area contributed by atoms with Crippen molar-refractivity contribution < 1.29 is 23.8 Å². The number of benzene rings is 1. The average Bonchev–Trinajstić information content (AvgIpc) is 2.56. The Morgan fingerprint density at radius 2 is 1.59 bits per heavy atom. The molecule has 0 heterocycles. The van der Waals surface area contributed by atoms with Gasteiger partial charge in [-0.1, -0.05) is 40.2 Å². The normalized spacial score (nSPS) is 13.1. The van der Waals surface area contributed by atoms with E-state index >= 15 is 0 Å². The van der Waals surface area contributed by atoms with Crippen LogP contribution in [0.25, 0.3) is 0 Å². The Morgan fingerprint density at radius 3 is 2.10 bits per heavy atom. The van der Waals surface area contributed by atoms with Crippen LogP contribution in [0.2, 0.25) is 0 Å². The fourth-order valence-corrected chi connectivity index (χ4v) is 2.51. The summed E-state index contributed by atoms with van der Waals surface area (Å²) in [4.78, 5) is 24.8. The van der Waals surface area contributed by atoms with Crippen LogP contribution in [0.15, 0.2) is 36.4 Å². The third-order valence-corrected chi connectivity index (χ3v) is 3.72. The topological polar surface area (TPSA) is 73.9 Å². The number of alkyl carbamates (subject to hydrolysis) is 1. The molecule has 0 aliphatic rings. The second-order valence-electron chi connectivity index (χ2n) is 8.52. The number of esters is 1. The van der Waals surface area contributed by atoms with E-state index in [0.29, 0.717) is 6.61 Å². The summed E-state index contributed by atoms with van der Waals surface area (Å²) in [6.45, 7) is 11.1. The van der Waals surface area contributed by atoms with E-state index in [1.807, 2.05) is 36.4 Å². The zero-order valence-corrected chi connectivity index (χ0v) is 19.7. The molecule has 6 nitrogen and oxygen atoms in total. The Hall–Kier alpha value is -2.02. The first-order valence-electron chi connectivity index (χ1n) is 9.55. The molecule has 1 N–H and O–H groups in total. The minimum Gasteiger partial charge on any atom is -0.490 e. The molecule has 1 atom stereocenters. The lowest BCUT2D eigenvalue weighted by atomic mass is 10.1. The van der Waals surface area contributed by atoms with E-state index in [1.165, 1.54) is 0 Å². The Kier molecular flexibility index (Phi) is 9.70. The van der Waals surface area contributed by atoms with Gasteiger partial charge >= 0.3 is 12.1 Å². The predicted octanol–water partition coefficient (Wildman–Crippen LogP) is 4.79. The van der Waals surface area contributed by atoms with Crippen molar-refractivity contribution in [3.05, 3.63) is 42.0 Å². The van der Waals surface area contributed by atoms with Gasteiger partial charge in [0, 0.05) is 11.8 Å². The fraction of sp³-hybridized carbons (Fsp3) is 0.545. The Morgan fingerprint density at radius 1 is 1.00 bits per heavy atom. The molecule has 0 aliphatic carbocycles. The molecule has 162 valence electrons. The molecule has 1 aromatic carbocycles. The molecular weight excluding hydrogens is 438 g/mol. The van der Waals surface area contributed by atoms with Gasteiger partial charge in [-0.3, -0.25) is 0 Å². The molecule has 1 rings (SSSR count). The van der Waals surface area contributed by atoms with Crippen molar-refractivity contribution in [2.24, 2.45) is 0 Å². The van der Waals surface area contributed by atoms with Crippen molar-refractivity contribution in [1.29, 1.82) is 0 Å². The van der Waals surface area contributed by atoms with Crippen molar-refractivity contribution >= 4 is 28.0 Å². The maximum Gasteiger partial charge on any atom is 0.408 e. The molecule has 0 saturated heterocycles. The lowest BCUT2D eigenvalue weighted by Crippen LogP contribution is -2.47. The van der Waals surface area contributed by atoms with Crippen LogP contribution in [0.5, 0.6) is 5.75 Å². The van der Waals surface area contributed by atoms with E-state index in [4.69, 9.17) is 14.2 Å². The lowest BCUT2D eigenvalue weighted by Gasteiger charge is -2.26. The molecule has 7 heteroatoms. The van der Waals surface area contributed by atoms with Gasteiger partial charge in [-0.15, -0.1) is 0 Å². The summed E-state index contributed by atoms with van der Waals surface area (Å²) in [5.41, 5.74) is -0.462. The van der Waals surface area contributed by atoms with Gasteiger partial charge in [0.25, 0.3) is 0 Å². The molecule has 0 aliphatic heterocycles. The standard InChI is InChI=1S/C22H32BrNO5/c1-21(2,3)28-19(25)18(24-20(26)29-22(4,5)6)15-16-9-11-17(12-10-16)27-14-8-7-13-23/h7-12,18H,13-15H2,1-6H3,(H,24,26)/b8-7+/t18-/m0/s1. The molecule has 0 radical (unpaired) electrons. The van der Waals surface area contributed by atoms with E-state index < -0.39 is 29.3 Å². The Labute approximate surface area is 182 Å². The number of alkyl halides is 1. The van der Waals surface area contributed by atoms with Crippen LogP contribution in [-0.2, 0) is 20.7 Å². The van der Waals surface area contributed by atoms with E-state index in [9.17, 15) is 9.59 Å². The van der Waals surface area contributed by atoms with E-state index in [-0.39, 0.29) is 6.42 Å². The van der Waals surface area contributed by atoms with Crippen molar-refractivity contribution in [2.75, 3.05) is 11.9 Å². The number of allylic oxidation sites excluding steroid dienone is 1. The Bertz CT molecular complexity index is 687. The summed E-state index contributed by atoms with van der Waals surface area (Å²) in [5, 5.41) is 3.41. The molecule has 0 fully saturated rings. The van der Waals surface area contributed by atoms with Crippen LogP contribution >= 0.6 is 15.9 Å². The molecular formula is C22H32BrNO5. The number of hydrogen-bond acceptors (Lipinski definition) is 5. The lowest BCUT2D eigenvalue weighted by molar-refractivity contribution is -0.157. The van der Waals surface area contributed by atoms with Gasteiger partial charge in [-0.2, -0.15) is 0 Å². The number of rotatable bonds is 8. The van der Waals surface area contributed by atoms with Crippen LogP contribution in [0.1, 0.15) is 47.1 Å². The molecule has 0 spiro atoms. The monoisotopic (exact) mass is 469 g/mol. The van der Waals surface area contributed by atoms with Crippen LogP contribution in [-0.4, -0.2) is 41.2 Å². The molecule has 0 saturated carbocycles. The number of halogens is 1. The van der Waals surface area contributed by atoms with Gasteiger partial charge < -0.3 is 19.5 Å². The van der Waals surface area contributed by atoms with Gasteiger partial charge in [0.05, 0.1) is 0 Å². The molecule has 0 aromatic heterocycles. The summed E-state index contributed by atoms with van der Waals surface area (Å²) in [5.74, 6) is 0.213. The highest BCUT2D eigenvalue weighted by molar-refractivity contribution is 9.09. The van der Waals surface area contributed by atoms with Gasteiger partial charge in [0.15, 0.2) is 0 Å². The van der Waals surface area contributed by atoms with Crippen molar-refractivity contribution in [2.45, 2.75) is 65.2 Å². The molecule has 1 aromatic rings. The first-order valence-corrected chi connectivity index (χ1v) is 10.7. The summed E-state index contributed by atoms with van der Waals surface area (Å²) in [6.07, 6.45) is 3.50. The number of ether oxygens (including phenoxy) is 3. The summed E-state index contributed by atoms with van der Waals surface area (Å²) in [7, 11) is 0.